The third-order valence-corrected chi connectivity index (χ3v) is 4.36. The van der Waals surface area contributed by atoms with Crippen LogP contribution in [0.15, 0.2) is 59.7 Å². The molecule has 2 aromatic carbocycles. The quantitative estimate of drug-likeness (QED) is 0.558. The first-order valence-corrected chi connectivity index (χ1v) is 8.87. The predicted molar refractivity (Wildman–Crippen MR) is 107 cm³/mol. The van der Waals surface area contributed by atoms with Gasteiger partial charge in [-0.25, -0.2) is 4.98 Å². The molecule has 146 valence electrons. The molecule has 0 radical (unpaired) electrons. The van der Waals surface area contributed by atoms with Gasteiger partial charge in [0, 0.05) is 5.69 Å². The number of nitrogens with zero attached hydrogens (tertiary/aromatic N) is 5. The molecule has 1 N–H and O–H groups in total. The highest BCUT2D eigenvalue weighted by Crippen LogP contribution is 2.15. The van der Waals surface area contributed by atoms with Crippen molar-refractivity contribution in [3.63, 3.8) is 0 Å². The summed E-state index contributed by atoms with van der Waals surface area (Å²) in [6.45, 7) is 1.77. The highest BCUT2D eigenvalue weighted by Gasteiger charge is 2.15. The molecule has 0 saturated heterocycles. The maximum absolute atomic E-state index is 12.7. The number of carbonyl (C=O) groups excluding carboxylic acids is 1. The van der Waals surface area contributed by atoms with E-state index in [1.807, 2.05) is 31.2 Å². The lowest BCUT2D eigenvalue weighted by molar-refractivity contribution is -0.116. The number of carbonyl (C=O) groups is 1. The standard InChI is InChI=1S/C20H18N6O3/c1-13-4-3-5-15(10-13)26-19-18(23-24-26)20(28)25(12-21-19)11-17(27)22-14-6-8-16(29-2)9-7-14/h3-10,12H,11H2,1-2H3,(H,22,27). The lowest BCUT2D eigenvalue weighted by Crippen LogP contribution is -2.28. The van der Waals surface area contributed by atoms with Crippen molar-refractivity contribution < 1.29 is 9.53 Å². The Morgan fingerprint density at radius 2 is 1.97 bits per heavy atom. The third kappa shape index (κ3) is 3.70. The molecule has 0 aliphatic rings. The van der Waals surface area contributed by atoms with Crippen LogP contribution in [0.4, 0.5) is 5.69 Å². The van der Waals surface area contributed by atoms with Gasteiger partial charge in [0.15, 0.2) is 11.2 Å². The van der Waals surface area contributed by atoms with Gasteiger partial charge in [0.05, 0.1) is 12.8 Å². The molecule has 0 aliphatic heterocycles. The average molecular weight is 390 g/mol. The zero-order chi connectivity index (χ0) is 20.4. The Labute approximate surface area is 165 Å². The van der Waals surface area contributed by atoms with E-state index in [-0.39, 0.29) is 18.0 Å². The highest BCUT2D eigenvalue weighted by molar-refractivity contribution is 5.90. The summed E-state index contributed by atoms with van der Waals surface area (Å²) in [4.78, 5) is 29.3. The van der Waals surface area contributed by atoms with E-state index in [9.17, 15) is 9.59 Å². The van der Waals surface area contributed by atoms with Gasteiger partial charge >= 0.3 is 0 Å². The molecule has 9 nitrogen and oxygen atoms in total. The maximum atomic E-state index is 12.7. The number of fused-ring (bicyclic) bond motifs is 1. The summed E-state index contributed by atoms with van der Waals surface area (Å²) in [6, 6.07) is 14.5. The second kappa shape index (κ2) is 7.55. The number of methoxy groups -OCH3 is 1. The summed E-state index contributed by atoms with van der Waals surface area (Å²) < 4.78 is 7.80. The molecule has 0 spiro atoms. The third-order valence-electron chi connectivity index (χ3n) is 4.36. The molecule has 0 atom stereocenters. The number of ether oxygens (including phenoxy) is 1. The fourth-order valence-electron chi connectivity index (χ4n) is 2.92. The number of nitrogens with one attached hydrogen (secondary N) is 1. The Morgan fingerprint density at radius 1 is 1.17 bits per heavy atom. The van der Waals surface area contributed by atoms with Gasteiger partial charge < -0.3 is 10.1 Å². The zero-order valence-corrected chi connectivity index (χ0v) is 15.9. The molecule has 1 amide bonds. The average Bonchev–Trinajstić information content (AvgIpc) is 3.15. The Hall–Kier alpha value is -4.01. The summed E-state index contributed by atoms with van der Waals surface area (Å²) in [5.41, 5.74) is 2.42. The van der Waals surface area contributed by atoms with Crippen molar-refractivity contribution in [1.29, 1.82) is 0 Å². The molecule has 4 rings (SSSR count). The van der Waals surface area contributed by atoms with Gasteiger partial charge in [0.25, 0.3) is 5.56 Å². The molecule has 0 aliphatic carbocycles. The Morgan fingerprint density at radius 3 is 2.69 bits per heavy atom. The number of benzene rings is 2. The van der Waals surface area contributed by atoms with Crippen molar-refractivity contribution >= 4 is 22.8 Å². The first-order chi connectivity index (χ1) is 14.0. The molecule has 0 fully saturated rings. The van der Waals surface area contributed by atoms with Crippen LogP contribution in [0.5, 0.6) is 5.75 Å². The van der Waals surface area contributed by atoms with Crippen LogP contribution in [0.25, 0.3) is 16.9 Å². The van der Waals surface area contributed by atoms with Crippen LogP contribution >= 0.6 is 0 Å². The first-order valence-electron chi connectivity index (χ1n) is 8.87. The first kappa shape index (κ1) is 18.4. The van der Waals surface area contributed by atoms with Crippen LogP contribution in [-0.4, -0.2) is 37.6 Å². The van der Waals surface area contributed by atoms with E-state index in [4.69, 9.17) is 4.74 Å². The normalized spacial score (nSPS) is 10.8. The Bertz CT molecular complexity index is 1240. The van der Waals surface area contributed by atoms with E-state index in [0.29, 0.717) is 17.1 Å². The molecule has 0 unspecified atom stereocenters. The van der Waals surface area contributed by atoms with Crippen molar-refractivity contribution in [2.75, 3.05) is 12.4 Å². The zero-order valence-electron chi connectivity index (χ0n) is 15.9. The van der Waals surface area contributed by atoms with Gasteiger partial charge in [-0.2, -0.15) is 4.68 Å². The topological polar surface area (TPSA) is 104 Å². The van der Waals surface area contributed by atoms with E-state index in [2.05, 4.69) is 20.6 Å². The number of rotatable bonds is 5. The number of hydrogen-bond donors (Lipinski definition) is 1. The number of aromatic nitrogens is 5. The second-order valence-corrected chi connectivity index (χ2v) is 6.47. The molecule has 2 aromatic heterocycles. The Kier molecular flexibility index (Phi) is 4.78. The van der Waals surface area contributed by atoms with Gasteiger partial charge in [-0.05, 0) is 48.9 Å². The minimum Gasteiger partial charge on any atom is -0.497 e. The fraction of sp³-hybridized carbons (Fsp3) is 0.150. The molecular weight excluding hydrogens is 372 g/mol. The van der Waals surface area contributed by atoms with Gasteiger partial charge in [0.2, 0.25) is 5.91 Å². The van der Waals surface area contributed by atoms with Crippen LogP contribution in [0.1, 0.15) is 5.56 Å². The summed E-state index contributed by atoms with van der Waals surface area (Å²) in [7, 11) is 1.57. The van der Waals surface area contributed by atoms with Gasteiger partial charge in [0.1, 0.15) is 18.6 Å². The summed E-state index contributed by atoms with van der Waals surface area (Å²) in [5, 5.41) is 10.7. The molecule has 0 saturated carbocycles. The fourth-order valence-corrected chi connectivity index (χ4v) is 2.92. The van der Waals surface area contributed by atoms with Crippen molar-refractivity contribution in [2.24, 2.45) is 0 Å². The van der Waals surface area contributed by atoms with Crippen LogP contribution < -0.4 is 15.6 Å². The van der Waals surface area contributed by atoms with E-state index < -0.39 is 5.56 Å². The molecular formula is C20H18N6O3. The van der Waals surface area contributed by atoms with Crippen LogP contribution in [-0.2, 0) is 11.3 Å². The number of anilines is 1. The molecule has 2 heterocycles. The van der Waals surface area contributed by atoms with E-state index in [0.717, 1.165) is 11.3 Å². The summed E-state index contributed by atoms with van der Waals surface area (Å²) in [5.74, 6) is 0.329. The van der Waals surface area contributed by atoms with Crippen LogP contribution in [0, 0.1) is 6.92 Å². The van der Waals surface area contributed by atoms with Crippen LogP contribution in [0.2, 0.25) is 0 Å². The predicted octanol–water partition coefficient (Wildman–Crippen LogP) is 1.93. The Balaban J connectivity index is 1.58. The number of aryl methyl sites for hydroxylation is 1. The monoisotopic (exact) mass is 390 g/mol. The van der Waals surface area contributed by atoms with Crippen molar-refractivity contribution in [1.82, 2.24) is 24.5 Å². The molecule has 9 heteroatoms. The van der Waals surface area contributed by atoms with Gasteiger partial charge in [-0.15, -0.1) is 5.10 Å². The van der Waals surface area contributed by atoms with Gasteiger partial charge in [-0.3, -0.25) is 14.2 Å². The highest BCUT2D eigenvalue weighted by atomic mass is 16.5. The maximum Gasteiger partial charge on any atom is 0.284 e. The lowest BCUT2D eigenvalue weighted by atomic mass is 10.2. The largest absolute Gasteiger partial charge is 0.497 e. The molecule has 29 heavy (non-hydrogen) atoms. The summed E-state index contributed by atoms with van der Waals surface area (Å²) in [6.07, 6.45) is 1.33. The lowest BCUT2D eigenvalue weighted by Gasteiger charge is -2.08. The number of hydrogen-bond acceptors (Lipinski definition) is 6. The van der Waals surface area contributed by atoms with Crippen molar-refractivity contribution in [3.05, 3.63) is 70.8 Å². The summed E-state index contributed by atoms with van der Waals surface area (Å²) >= 11 is 0. The van der Waals surface area contributed by atoms with E-state index in [1.54, 1.807) is 31.4 Å². The minimum absolute atomic E-state index is 0.103. The minimum atomic E-state index is -0.432. The SMILES string of the molecule is COc1ccc(NC(=O)Cn2cnc3c(nnn3-c3cccc(C)c3)c2=O)cc1. The molecule has 0 bridgehead atoms. The smallest absolute Gasteiger partial charge is 0.284 e. The van der Waals surface area contributed by atoms with Gasteiger partial charge in [-0.1, -0.05) is 17.3 Å². The van der Waals surface area contributed by atoms with E-state index >= 15 is 0 Å². The van der Waals surface area contributed by atoms with Crippen LogP contribution in [0.3, 0.4) is 0 Å². The second-order valence-electron chi connectivity index (χ2n) is 6.47. The van der Waals surface area contributed by atoms with E-state index in [1.165, 1.54) is 15.6 Å². The van der Waals surface area contributed by atoms with Crippen molar-refractivity contribution in [2.45, 2.75) is 13.5 Å². The molecule has 4 aromatic rings. The van der Waals surface area contributed by atoms with Crippen molar-refractivity contribution in [3.8, 4) is 11.4 Å². The number of amides is 1.